The number of para-hydroxylation sites is 1. The van der Waals surface area contributed by atoms with Gasteiger partial charge in [0.25, 0.3) is 0 Å². The highest BCUT2D eigenvalue weighted by molar-refractivity contribution is 7.26. The van der Waals surface area contributed by atoms with Crippen LogP contribution in [0.25, 0.3) is 84.5 Å². The zero-order valence-corrected chi connectivity index (χ0v) is 29.5. The van der Waals surface area contributed by atoms with Crippen LogP contribution in [0.4, 0.5) is 17.1 Å². The highest BCUT2D eigenvalue weighted by Crippen LogP contribution is 2.44. The number of nitrogens with zero attached hydrogens (tertiary/aromatic N) is 1. The van der Waals surface area contributed by atoms with Crippen LogP contribution in [0.1, 0.15) is 0 Å². The molecule has 11 rings (SSSR count). The topological polar surface area (TPSA) is 16.4 Å². The summed E-state index contributed by atoms with van der Waals surface area (Å²) in [5.41, 5.74) is 9.93. The molecule has 8 aromatic carbocycles. The quantitative estimate of drug-likeness (QED) is 0.178. The van der Waals surface area contributed by atoms with Crippen molar-refractivity contribution in [3.63, 3.8) is 0 Å². The van der Waals surface area contributed by atoms with Gasteiger partial charge in [0.05, 0.1) is 0 Å². The highest BCUT2D eigenvalue weighted by Gasteiger charge is 2.18. The maximum Gasteiger partial charge on any atom is 0.136 e. The third-order valence-electron chi connectivity index (χ3n) is 10.3. The molecule has 0 aliphatic rings. The number of furan rings is 1. The summed E-state index contributed by atoms with van der Waals surface area (Å²) < 4.78 is 11.5. The number of hydrogen-bond donors (Lipinski definition) is 0. The van der Waals surface area contributed by atoms with Gasteiger partial charge in [-0.25, -0.2) is 0 Å². The van der Waals surface area contributed by atoms with Crippen molar-refractivity contribution in [3.8, 4) is 22.3 Å². The average Bonchev–Trinajstić information content (AvgIpc) is 3.89. The Labute approximate surface area is 308 Å². The van der Waals surface area contributed by atoms with Crippen molar-refractivity contribution in [2.75, 3.05) is 4.90 Å². The van der Waals surface area contributed by atoms with Gasteiger partial charge in [0.2, 0.25) is 0 Å². The second-order valence-electron chi connectivity index (χ2n) is 13.3. The molecule has 2 nitrogen and oxygen atoms in total. The molecule has 0 N–H and O–H groups in total. The van der Waals surface area contributed by atoms with Crippen molar-refractivity contribution in [1.82, 2.24) is 0 Å². The SMILES string of the molecule is c1cc(-c2cccc3oc4ccccc4c23)cc(N(c2ccc(-c3cccc4sc5ccccc5c34)cc2)c2ccc3c(c2)sc2ccccc23)c1. The lowest BCUT2D eigenvalue weighted by Gasteiger charge is -2.26. The molecule has 0 aliphatic carbocycles. The summed E-state index contributed by atoms with van der Waals surface area (Å²) in [5, 5.41) is 7.53. The van der Waals surface area contributed by atoms with Crippen LogP contribution in [-0.4, -0.2) is 0 Å². The van der Waals surface area contributed by atoms with Crippen molar-refractivity contribution in [1.29, 1.82) is 0 Å². The third-order valence-corrected chi connectivity index (χ3v) is 12.5. The largest absolute Gasteiger partial charge is 0.456 e. The van der Waals surface area contributed by atoms with Gasteiger partial charge in [0.1, 0.15) is 11.2 Å². The number of benzene rings is 8. The first-order valence-electron chi connectivity index (χ1n) is 17.5. The number of thiophene rings is 2. The van der Waals surface area contributed by atoms with E-state index >= 15 is 0 Å². The minimum absolute atomic E-state index is 0.903. The molecule has 3 heterocycles. The smallest absolute Gasteiger partial charge is 0.136 e. The van der Waals surface area contributed by atoms with Crippen molar-refractivity contribution in [2.45, 2.75) is 0 Å². The lowest BCUT2D eigenvalue weighted by molar-refractivity contribution is 0.669. The van der Waals surface area contributed by atoms with Crippen LogP contribution in [-0.2, 0) is 0 Å². The molecule has 3 aromatic heterocycles. The van der Waals surface area contributed by atoms with E-state index < -0.39 is 0 Å². The molecule has 0 spiro atoms. The normalized spacial score (nSPS) is 11.8. The molecular weight excluding hydrogens is 671 g/mol. The minimum atomic E-state index is 0.903. The Hall–Kier alpha value is -6.20. The van der Waals surface area contributed by atoms with Crippen molar-refractivity contribution < 1.29 is 4.42 Å². The van der Waals surface area contributed by atoms with E-state index in [0.29, 0.717) is 0 Å². The molecule has 0 fully saturated rings. The van der Waals surface area contributed by atoms with Crippen LogP contribution in [0.2, 0.25) is 0 Å². The van der Waals surface area contributed by atoms with E-state index in [9.17, 15) is 0 Å². The summed E-state index contributed by atoms with van der Waals surface area (Å²) >= 11 is 3.72. The van der Waals surface area contributed by atoms with Crippen molar-refractivity contribution in [2.24, 2.45) is 0 Å². The van der Waals surface area contributed by atoms with Crippen LogP contribution >= 0.6 is 22.7 Å². The predicted molar refractivity (Wildman–Crippen MR) is 225 cm³/mol. The molecule has 4 heteroatoms. The fourth-order valence-electron chi connectivity index (χ4n) is 7.93. The first-order valence-corrected chi connectivity index (χ1v) is 19.1. The number of hydrogen-bond acceptors (Lipinski definition) is 4. The van der Waals surface area contributed by atoms with Crippen molar-refractivity contribution >= 4 is 102 Å². The van der Waals surface area contributed by atoms with Crippen LogP contribution in [0.5, 0.6) is 0 Å². The summed E-state index contributed by atoms with van der Waals surface area (Å²) in [5.74, 6) is 0. The Morgan fingerprint density at radius 3 is 1.81 bits per heavy atom. The number of rotatable bonds is 5. The Morgan fingerprint density at radius 2 is 0.942 bits per heavy atom. The van der Waals surface area contributed by atoms with Crippen LogP contribution in [0.15, 0.2) is 180 Å². The standard InChI is InChI=1S/C48H29NOS2/c1-4-17-41-39(13-1)47-36(15-8-18-42(47)50-41)31-10-7-11-33(28-31)49(34-26-27-38-37-12-2-5-19-43(37)52-46(38)29-34)32-24-22-30(23-25-32)35-16-9-21-45-48(35)40-14-3-6-20-44(40)51-45/h1-29H. The third kappa shape index (κ3) is 4.62. The second kappa shape index (κ2) is 11.7. The fourth-order valence-corrected chi connectivity index (χ4v) is 10.2. The molecule has 0 saturated carbocycles. The van der Waals surface area contributed by atoms with Crippen molar-refractivity contribution in [3.05, 3.63) is 176 Å². The van der Waals surface area contributed by atoms with Gasteiger partial charge >= 0.3 is 0 Å². The van der Waals surface area contributed by atoms with Gasteiger partial charge in [0, 0.05) is 68.2 Å². The molecule has 0 radical (unpaired) electrons. The van der Waals surface area contributed by atoms with E-state index in [4.69, 9.17) is 4.42 Å². The van der Waals surface area contributed by atoms with Gasteiger partial charge in [-0.2, -0.15) is 0 Å². The fraction of sp³-hybridized carbons (Fsp3) is 0. The maximum absolute atomic E-state index is 6.28. The van der Waals surface area contributed by atoms with Gasteiger partial charge in [-0.1, -0.05) is 109 Å². The molecule has 52 heavy (non-hydrogen) atoms. The zero-order chi connectivity index (χ0) is 34.2. The van der Waals surface area contributed by atoms with Gasteiger partial charge in [0.15, 0.2) is 0 Å². The molecule has 244 valence electrons. The molecular formula is C48H29NOS2. The van der Waals surface area contributed by atoms with E-state index in [1.807, 2.05) is 34.8 Å². The molecule has 11 aromatic rings. The first-order chi connectivity index (χ1) is 25.8. The summed E-state index contributed by atoms with van der Waals surface area (Å²) in [4.78, 5) is 2.39. The Bertz CT molecular complexity index is 3150. The lowest BCUT2D eigenvalue weighted by atomic mass is 9.98. The summed E-state index contributed by atoms with van der Waals surface area (Å²) in [6.45, 7) is 0. The maximum atomic E-state index is 6.28. The van der Waals surface area contributed by atoms with Gasteiger partial charge in [-0.05, 0) is 89.0 Å². The van der Waals surface area contributed by atoms with Crippen LogP contribution in [0.3, 0.4) is 0 Å². The monoisotopic (exact) mass is 699 g/mol. The Balaban J connectivity index is 1.08. The van der Waals surface area contributed by atoms with Crippen LogP contribution < -0.4 is 4.90 Å². The zero-order valence-electron chi connectivity index (χ0n) is 27.9. The summed E-state index contributed by atoms with van der Waals surface area (Å²) in [6.07, 6.45) is 0. The Kier molecular flexibility index (Phi) is 6.63. The predicted octanol–water partition coefficient (Wildman–Crippen LogP) is 15.1. The number of fused-ring (bicyclic) bond motifs is 9. The van der Waals surface area contributed by atoms with Gasteiger partial charge in [-0.15, -0.1) is 22.7 Å². The molecule has 0 bridgehead atoms. The summed E-state index contributed by atoms with van der Waals surface area (Å²) in [7, 11) is 0. The molecule has 0 unspecified atom stereocenters. The van der Waals surface area contributed by atoms with Gasteiger partial charge < -0.3 is 9.32 Å². The summed E-state index contributed by atoms with van der Waals surface area (Å²) in [6, 6.07) is 63.7. The van der Waals surface area contributed by atoms with E-state index in [2.05, 4.69) is 169 Å². The van der Waals surface area contributed by atoms with E-state index in [1.165, 1.54) is 51.5 Å². The highest BCUT2D eigenvalue weighted by atomic mass is 32.1. The molecule has 0 atom stereocenters. The second-order valence-corrected chi connectivity index (χ2v) is 15.4. The molecule has 0 saturated heterocycles. The Morgan fingerprint density at radius 1 is 0.346 bits per heavy atom. The molecule has 0 aliphatic heterocycles. The van der Waals surface area contributed by atoms with Crippen LogP contribution in [0, 0.1) is 0 Å². The van der Waals surface area contributed by atoms with E-state index in [0.717, 1.165) is 50.1 Å². The van der Waals surface area contributed by atoms with E-state index in [1.54, 1.807) is 0 Å². The average molecular weight is 700 g/mol. The van der Waals surface area contributed by atoms with Gasteiger partial charge in [-0.3, -0.25) is 0 Å². The van der Waals surface area contributed by atoms with E-state index in [-0.39, 0.29) is 0 Å². The minimum Gasteiger partial charge on any atom is -0.456 e. The lowest BCUT2D eigenvalue weighted by Crippen LogP contribution is -2.10. The number of anilines is 3. The first kappa shape index (κ1) is 29.5. The molecule has 0 amide bonds.